The Kier molecular flexibility index (Phi) is 4.13. The van der Waals surface area contributed by atoms with E-state index in [1.807, 2.05) is 0 Å². The molecule has 4 N–H and O–H groups in total. The second-order valence-electron chi connectivity index (χ2n) is 2.31. The summed E-state index contributed by atoms with van der Waals surface area (Å²) in [5.74, 6) is -1.04. The van der Waals surface area contributed by atoms with Gasteiger partial charge in [0.05, 0.1) is 0 Å². The fourth-order valence-electron chi connectivity index (χ4n) is 0.799. The van der Waals surface area contributed by atoms with Crippen molar-refractivity contribution in [3.8, 4) is 0 Å². The number of nitrogens with two attached hydrogens (primary N) is 2. The molecule has 0 radical (unpaired) electrons. The molecule has 0 spiro atoms. The maximum absolute atomic E-state index is 10.6. The lowest BCUT2D eigenvalue weighted by Gasteiger charge is -1.96. The van der Waals surface area contributed by atoms with Crippen molar-refractivity contribution in [2.45, 2.75) is 0 Å². The lowest BCUT2D eigenvalue weighted by atomic mass is 10.1. The number of hydrogen-bond donors (Lipinski definition) is 2. The first-order valence-electron chi connectivity index (χ1n) is 3.31. The minimum Gasteiger partial charge on any atom is -0.366 e. The van der Waals surface area contributed by atoms with Gasteiger partial charge in [0.2, 0.25) is 11.8 Å². The smallest absolute Gasteiger partial charge is 0.248 e. The zero-order valence-corrected chi connectivity index (χ0v) is 8.40. The standard InChI is InChI=1S/C8H8N2O2.BrH/c9-7(11)5-1-2-6(4-3-5)8(10)12;/h1-4H,(H2,9,11)(H2,10,12);1H. The highest BCUT2D eigenvalue weighted by atomic mass is 79.9. The average molecular weight is 245 g/mol. The van der Waals surface area contributed by atoms with E-state index >= 15 is 0 Å². The number of carbonyl (C=O) groups is 2. The highest BCUT2D eigenvalue weighted by molar-refractivity contribution is 8.93. The van der Waals surface area contributed by atoms with E-state index in [1.54, 1.807) is 0 Å². The molecule has 0 heterocycles. The Labute approximate surface area is 85.7 Å². The Balaban J connectivity index is 0.00000144. The fraction of sp³-hybridized carbons (Fsp3) is 0. The first kappa shape index (κ1) is 11.6. The van der Waals surface area contributed by atoms with E-state index in [0.717, 1.165) is 0 Å². The number of hydrogen-bond acceptors (Lipinski definition) is 2. The van der Waals surface area contributed by atoms with Crippen molar-refractivity contribution in [3.05, 3.63) is 35.4 Å². The van der Waals surface area contributed by atoms with Gasteiger partial charge in [0.1, 0.15) is 0 Å². The van der Waals surface area contributed by atoms with Crippen LogP contribution in [0.5, 0.6) is 0 Å². The highest BCUT2D eigenvalue weighted by Gasteiger charge is 2.02. The molecule has 0 bridgehead atoms. The zero-order chi connectivity index (χ0) is 9.14. The highest BCUT2D eigenvalue weighted by Crippen LogP contribution is 2.02. The van der Waals surface area contributed by atoms with Crippen LogP contribution in [-0.4, -0.2) is 11.8 Å². The molecule has 0 atom stereocenters. The van der Waals surface area contributed by atoms with Gasteiger partial charge in [-0.2, -0.15) is 0 Å². The molecule has 0 saturated carbocycles. The van der Waals surface area contributed by atoms with Crippen LogP contribution in [0.1, 0.15) is 20.7 Å². The topological polar surface area (TPSA) is 86.2 Å². The summed E-state index contributed by atoms with van der Waals surface area (Å²) in [6, 6.07) is 5.84. The van der Waals surface area contributed by atoms with Crippen LogP contribution in [0.4, 0.5) is 0 Å². The predicted octanol–water partition coefficient (Wildman–Crippen LogP) is 0.462. The second-order valence-corrected chi connectivity index (χ2v) is 2.31. The van der Waals surface area contributed by atoms with E-state index in [-0.39, 0.29) is 17.0 Å². The third-order valence-electron chi connectivity index (χ3n) is 1.45. The number of primary amides is 2. The summed E-state index contributed by atoms with van der Waals surface area (Å²) in [6.45, 7) is 0. The molecule has 1 rings (SSSR count). The van der Waals surface area contributed by atoms with Gasteiger partial charge in [-0.25, -0.2) is 0 Å². The number of rotatable bonds is 2. The van der Waals surface area contributed by atoms with Gasteiger partial charge in [-0.3, -0.25) is 9.59 Å². The van der Waals surface area contributed by atoms with Crippen LogP contribution in [0, 0.1) is 0 Å². The van der Waals surface area contributed by atoms with E-state index in [9.17, 15) is 9.59 Å². The Bertz CT molecular complexity index is 288. The van der Waals surface area contributed by atoms with E-state index in [4.69, 9.17) is 11.5 Å². The van der Waals surface area contributed by atoms with Crippen LogP contribution >= 0.6 is 17.0 Å². The van der Waals surface area contributed by atoms with E-state index in [2.05, 4.69) is 0 Å². The van der Waals surface area contributed by atoms with Crippen molar-refractivity contribution in [2.24, 2.45) is 11.5 Å². The molecule has 70 valence electrons. The zero-order valence-electron chi connectivity index (χ0n) is 6.69. The van der Waals surface area contributed by atoms with E-state index < -0.39 is 11.8 Å². The molecular formula is C8H9BrN2O2. The molecular weight excluding hydrogens is 236 g/mol. The second kappa shape index (κ2) is 4.61. The molecule has 1 aromatic carbocycles. The lowest BCUT2D eigenvalue weighted by Crippen LogP contribution is -2.13. The SMILES string of the molecule is Br.NC(=O)c1ccc(C(N)=O)cc1. The van der Waals surface area contributed by atoms with Gasteiger partial charge in [0.15, 0.2) is 0 Å². The van der Waals surface area contributed by atoms with Gasteiger partial charge in [-0.15, -0.1) is 17.0 Å². The summed E-state index contributed by atoms with van der Waals surface area (Å²) < 4.78 is 0. The van der Waals surface area contributed by atoms with Crippen molar-refractivity contribution in [1.29, 1.82) is 0 Å². The average Bonchev–Trinajstić information content (AvgIpc) is 2.04. The normalized spacial score (nSPS) is 8.62. The molecule has 0 aromatic heterocycles. The number of benzene rings is 1. The van der Waals surface area contributed by atoms with E-state index in [1.165, 1.54) is 24.3 Å². The van der Waals surface area contributed by atoms with Gasteiger partial charge in [-0.1, -0.05) is 0 Å². The first-order chi connectivity index (χ1) is 5.61. The minimum atomic E-state index is -0.522. The summed E-state index contributed by atoms with van der Waals surface area (Å²) in [6.07, 6.45) is 0. The van der Waals surface area contributed by atoms with Crippen LogP contribution in [0.25, 0.3) is 0 Å². The van der Waals surface area contributed by atoms with Crippen LogP contribution < -0.4 is 11.5 Å². The number of carbonyl (C=O) groups excluding carboxylic acids is 2. The molecule has 0 aliphatic rings. The summed E-state index contributed by atoms with van der Waals surface area (Å²) in [5, 5.41) is 0. The van der Waals surface area contributed by atoms with Crippen molar-refractivity contribution >= 4 is 28.8 Å². The molecule has 0 unspecified atom stereocenters. The summed E-state index contributed by atoms with van der Waals surface area (Å²) in [7, 11) is 0. The van der Waals surface area contributed by atoms with Gasteiger partial charge >= 0.3 is 0 Å². The van der Waals surface area contributed by atoms with Crippen LogP contribution in [-0.2, 0) is 0 Å². The lowest BCUT2D eigenvalue weighted by molar-refractivity contribution is 0.0988. The van der Waals surface area contributed by atoms with Gasteiger partial charge < -0.3 is 11.5 Å². The van der Waals surface area contributed by atoms with E-state index in [0.29, 0.717) is 11.1 Å². The molecule has 0 saturated heterocycles. The Hall–Kier alpha value is -1.36. The predicted molar refractivity (Wildman–Crippen MR) is 53.8 cm³/mol. The third kappa shape index (κ3) is 2.87. The Morgan fingerprint density at radius 1 is 0.846 bits per heavy atom. The summed E-state index contributed by atoms with van der Waals surface area (Å²) in [5.41, 5.74) is 10.7. The molecule has 2 amide bonds. The maximum Gasteiger partial charge on any atom is 0.248 e. The maximum atomic E-state index is 10.6. The molecule has 5 heteroatoms. The van der Waals surface area contributed by atoms with Crippen molar-refractivity contribution < 1.29 is 9.59 Å². The van der Waals surface area contributed by atoms with Crippen LogP contribution in [0.3, 0.4) is 0 Å². The van der Waals surface area contributed by atoms with Crippen molar-refractivity contribution in [2.75, 3.05) is 0 Å². The Morgan fingerprint density at radius 3 is 1.23 bits per heavy atom. The summed E-state index contributed by atoms with van der Waals surface area (Å²) >= 11 is 0. The number of amides is 2. The van der Waals surface area contributed by atoms with Gasteiger partial charge in [-0.05, 0) is 24.3 Å². The Morgan fingerprint density at radius 2 is 1.08 bits per heavy atom. The van der Waals surface area contributed by atoms with Crippen molar-refractivity contribution in [1.82, 2.24) is 0 Å². The molecule has 0 aliphatic carbocycles. The first-order valence-corrected chi connectivity index (χ1v) is 3.31. The third-order valence-corrected chi connectivity index (χ3v) is 1.45. The molecule has 0 aliphatic heterocycles. The van der Waals surface area contributed by atoms with Gasteiger partial charge in [0.25, 0.3) is 0 Å². The summed E-state index contributed by atoms with van der Waals surface area (Å²) in [4.78, 5) is 21.2. The van der Waals surface area contributed by atoms with Crippen LogP contribution in [0.2, 0.25) is 0 Å². The fourth-order valence-corrected chi connectivity index (χ4v) is 0.799. The quantitative estimate of drug-likeness (QED) is 0.793. The number of halogens is 1. The molecule has 0 fully saturated rings. The van der Waals surface area contributed by atoms with Crippen LogP contribution in [0.15, 0.2) is 24.3 Å². The largest absolute Gasteiger partial charge is 0.366 e. The monoisotopic (exact) mass is 244 g/mol. The molecule has 1 aromatic rings. The molecule has 4 nitrogen and oxygen atoms in total. The molecule has 13 heavy (non-hydrogen) atoms. The van der Waals surface area contributed by atoms with Crippen molar-refractivity contribution in [3.63, 3.8) is 0 Å². The minimum absolute atomic E-state index is 0. The van der Waals surface area contributed by atoms with Gasteiger partial charge in [0, 0.05) is 11.1 Å².